The lowest BCUT2D eigenvalue weighted by Gasteiger charge is -2.18. The van der Waals surface area contributed by atoms with Crippen molar-refractivity contribution >= 4 is 5.91 Å². The molecule has 0 bridgehead atoms. The number of aliphatic hydroxyl groups is 1. The quantitative estimate of drug-likeness (QED) is 0.911. The third-order valence-electron chi connectivity index (χ3n) is 4.40. The summed E-state index contributed by atoms with van der Waals surface area (Å²) in [6.07, 6.45) is 1.78. The van der Waals surface area contributed by atoms with Crippen LogP contribution >= 0.6 is 0 Å². The van der Waals surface area contributed by atoms with E-state index in [4.69, 9.17) is 0 Å². The molecule has 0 fully saturated rings. The van der Waals surface area contributed by atoms with Gasteiger partial charge in [0.2, 0.25) is 0 Å². The standard InChI is InChI=1S/C18H23N3O2/c1-4-21-10-14(16(20-21)11(2)3)18(23)19-17-13-8-6-5-7-12(13)9-15(17)22/h5-8,10-11,15,17,22H,4,9H2,1-3H3,(H,19,23). The molecule has 2 atom stereocenters. The Morgan fingerprint density at radius 1 is 1.43 bits per heavy atom. The van der Waals surface area contributed by atoms with Crippen LogP contribution in [-0.2, 0) is 13.0 Å². The Bertz CT molecular complexity index is 721. The predicted molar refractivity (Wildman–Crippen MR) is 88.4 cm³/mol. The molecule has 122 valence electrons. The van der Waals surface area contributed by atoms with E-state index in [0.29, 0.717) is 12.0 Å². The van der Waals surface area contributed by atoms with Crippen LogP contribution in [0.2, 0.25) is 0 Å². The van der Waals surface area contributed by atoms with Gasteiger partial charge < -0.3 is 10.4 Å². The minimum Gasteiger partial charge on any atom is -0.390 e. The maximum atomic E-state index is 12.7. The van der Waals surface area contributed by atoms with Gasteiger partial charge in [0.15, 0.2) is 0 Å². The SMILES string of the molecule is CCn1cc(C(=O)NC2c3ccccc3CC2O)c(C(C)C)n1. The summed E-state index contributed by atoms with van der Waals surface area (Å²) in [4.78, 5) is 12.7. The molecule has 0 saturated heterocycles. The number of amides is 1. The number of rotatable bonds is 4. The summed E-state index contributed by atoms with van der Waals surface area (Å²) in [5.41, 5.74) is 3.49. The van der Waals surface area contributed by atoms with E-state index in [1.165, 1.54) is 0 Å². The summed E-state index contributed by atoms with van der Waals surface area (Å²) in [5, 5.41) is 17.8. The highest BCUT2D eigenvalue weighted by atomic mass is 16.3. The number of aromatic nitrogens is 2. The van der Waals surface area contributed by atoms with Crippen LogP contribution in [0.5, 0.6) is 0 Å². The van der Waals surface area contributed by atoms with Gasteiger partial charge in [-0.25, -0.2) is 0 Å². The molecule has 0 aliphatic heterocycles. The Hall–Kier alpha value is -2.14. The highest BCUT2D eigenvalue weighted by Crippen LogP contribution is 2.31. The number of nitrogens with one attached hydrogen (secondary N) is 1. The molecule has 23 heavy (non-hydrogen) atoms. The number of benzene rings is 1. The predicted octanol–water partition coefficient (Wildman–Crippen LogP) is 2.41. The van der Waals surface area contributed by atoms with E-state index >= 15 is 0 Å². The Balaban J connectivity index is 1.87. The normalized spacial score (nSPS) is 19.9. The second-order valence-corrected chi connectivity index (χ2v) is 6.36. The first kappa shape index (κ1) is 15.7. The Labute approximate surface area is 136 Å². The van der Waals surface area contributed by atoms with E-state index in [9.17, 15) is 9.90 Å². The summed E-state index contributed by atoms with van der Waals surface area (Å²) in [6.45, 7) is 6.77. The fourth-order valence-electron chi connectivity index (χ4n) is 3.17. The summed E-state index contributed by atoms with van der Waals surface area (Å²) in [5.74, 6) is -0.00140. The fourth-order valence-corrected chi connectivity index (χ4v) is 3.17. The average molecular weight is 313 g/mol. The minimum atomic E-state index is -0.583. The van der Waals surface area contributed by atoms with Gasteiger partial charge in [-0.1, -0.05) is 38.1 Å². The van der Waals surface area contributed by atoms with E-state index in [1.807, 2.05) is 45.0 Å². The lowest BCUT2D eigenvalue weighted by molar-refractivity contribution is 0.0857. The van der Waals surface area contributed by atoms with Crippen molar-refractivity contribution in [2.24, 2.45) is 0 Å². The third-order valence-corrected chi connectivity index (χ3v) is 4.40. The van der Waals surface area contributed by atoms with Crippen LogP contribution in [-0.4, -0.2) is 26.9 Å². The number of nitrogens with zero attached hydrogens (tertiary/aromatic N) is 2. The van der Waals surface area contributed by atoms with Crippen molar-refractivity contribution in [2.75, 3.05) is 0 Å². The zero-order valence-electron chi connectivity index (χ0n) is 13.8. The fraction of sp³-hybridized carbons (Fsp3) is 0.444. The molecule has 0 radical (unpaired) electrons. The van der Waals surface area contributed by atoms with Crippen LogP contribution in [0.1, 0.15) is 59.9 Å². The van der Waals surface area contributed by atoms with E-state index < -0.39 is 6.10 Å². The zero-order chi connectivity index (χ0) is 16.6. The Morgan fingerprint density at radius 2 is 2.17 bits per heavy atom. The van der Waals surface area contributed by atoms with Gasteiger partial charge in [0.1, 0.15) is 0 Å². The summed E-state index contributed by atoms with van der Waals surface area (Å²) in [6, 6.07) is 7.50. The van der Waals surface area contributed by atoms with Crippen LogP contribution in [0.4, 0.5) is 0 Å². The van der Waals surface area contributed by atoms with Crippen molar-refractivity contribution in [3.63, 3.8) is 0 Å². The molecule has 0 spiro atoms. The molecule has 5 heteroatoms. The second kappa shape index (κ2) is 6.16. The number of hydrogen-bond donors (Lipinski definition) is 2. The monoisotopic (exact) mass is 313 g/mol. The molecule has 1 aromatic carbocycles. The van der Waals surface area contributed by atoms with Gasteiger partial charge in [-0.3, -0.25) is 9.48 Å². The van der Waals surface area contributed by atoms with Crippen molar-refractivity contribution in [1.82, 2.24) is 15.1 Å². The molecular weight excluding hydrogens is 290 g/mol. The van der Waals surface area contributed by atoms with Crippen LogP contribution in [0, 0.1) is 0 Å². The number of aryl methyl sites for hydroxylation is 1. The maximum Gasteiger partial charge on any atom is 0.255 e. The van der Waals surface area contributed by atoms with Crippen LogP contribution in [0.3, 0.4) is 0 Å². The van der Waals surface area contributed by atoms with Crippen molar-refractivity contribution < 1.29 is 9.90 Å². The van der Waals surface area contributed by atoms with Gasteiger partial charge in [0.25, 0.3) is 5.91 Å². The van der Waals surface area contributed by atoms with Crippen LogP contribution in [0.25, 0.3) is 0 Å². The van der Waals surface area contributed by atoms with E-state index in [1.54, 1.807) is 10.9 Å². The number of carbonyl (C=O) groups is 1. The molecule has 5 nitrogen and oxygen atoms in total. The maximum absolute atomic E-state index is 12.7. The lowest BCUT2D eigenvalue weighted by atomic mass is 10.0. The van der Waals surface area contributed by atoms with E-state index in [0.717, 1.165) is 23.4 Å². The molecule has 2 unspecified atom stereocenters. The van der Waals surface area contributed by atoms with Gasteiger partial charge in [-0.15, -0.1) is 0 Å². The van der Waals surface area contributed by atoms with Crippen molar-refractivity contribution in [1.29, 1.82) is 0 Å². The lowest BCUT2D eigenvalue weighted by Crippen LogP contribution is -2.34. The summed E-state index contributed by atoms with van der Waals surface area (Å²) >= 11 is 0. The highest BCUT2D eigenvalue weighted by molar-refractivity contribution is 5.95. The smallest absolute Gasteiger partial charge is 0.255 e. The van der Waals surface area contributed by atoms with Gasteiger partial charge in [0, 0.05) is 19.2 Å². The first-order chi connectivity index (χ1) is 11.0. The first-order valence-corrected chi connectivity index (χ1v) is 8.15. The van der Waals surface area contributed by atoms with E-state index in [2.05, 4.69) is 10.4 Å². The zero-order valence-corrected chi connectivity index (χ0v) is 13.8. The number of aliphatic hydroxyl groups excluding tert-OH is 1. The van der Waals surface area contributed by atoms with Crippen LogP contribution < -0.4 is 5.32 Å². The molecule has 2 aromatic rings. The van der Waals surface area contributed by atoms with E-state index in [-0.39, 0.29) is 17.9 Å². The molecule has 3 rings (SSSR count). The van der Waals surface area contributed by atoms with Gasteiger partial charge in [0.05, 0.1) is 23.4 Å². The van der Waals surface area contributed by atoms with Gasteiger partial charge in [-0.05, 0) is 24.0 Å². The Morgan fingerprint density at radius 3 is 2.87 bits per heavy atom. The summed E-state index contributed by atoms with van der Waals surface area (Å²) in [7, 11) is 0. The molecule has 1 aliphatic rings. The first-order valence-electron chi connectivity index (χ1n) is 8.15. The molecule has 0 saturated carbocycles. The van der Waals surface area contributed by atoms with Crippen molar-refractivity contribution in [3.8, 4) is 0 Å². The number of fused-ring (bicyclic) bond motifs is 1. The molecule has 1 aliphatic carbocycles. The largest absolute Gasteiger partial charge is 0.390 e. The molecular formula is C18H23N3O2. The number of hydrogen-bond acceptors (Lipinski definition) is 3. The van der Waals surface area contributed by atoms with Crippen molar-refractivity contribution in [2.45, 2.75) is 51.8 Å². The Kier molecular flexibility index (Phi) is 4.22. The molecule has 1 heterocycles. The van der Waals surface area contributed by atoms with Gasteiger partial charge in [-0.2, -0.15) is 5.10 Å². The van der Waals surface area contributed by atoms with Crippen LogP contribution in [0.15, 0.2) is 30.5 Å². The second-order valence-electron chi connectivity index (χ2n) is 6.36. The van der Waals surface area contributed by atoms with Crippen molar-refractivity contribution in [3.05, 3.63) is 52.8 Å². The average Bonchev–Trinajstić information content (AvgIpc) is 3.09. The topological polar surface area (TPSA) is 67.2 Å². The minimum absolute atomic E-state index is 0.171. The highest BCUT2D eigenvalue weighted by Gasteiger charge is 2.33. The molecule has 2 N–H and O–H groups in total. The summed E-state index contributed by atoms with van der Waals surface area (Å²) < 4.78 is 1.78. The van der Waals surface area contributed by atoms with Gasteiger partial charge >= 0.3 is 0 Å². The molecule has 1 amide bonds. The molecule has 1 aromatic heterocycles. The number of carbonyl (C=O) groups excluding carboxylic acids is 1. The third kappa shape index (κ3) is 2.88.